The lowest BCUT2D eigenvalue weighted by molar-refractivity contribution is -0.120. The zero-order chi connectivity index (χ0) is 20.3. The molecule has 2 aromatic carbocycles. The van der Waals surface area contributed by atoms with Gasteiger partial charge in [-0.15, -0.1) is 0 Å². The molecule has 1 atom stereocenters. The summed E-state index contributed by atoms with van der Waals surface area (Å²) in [4.78, 5) is 14.7. The number of amides is 1. The maximum atomic E-state index is 12.7. The maximum Gasteiger partial charge on any atom is 0.241 e. The first-order valence-electron chi connectivity index (χ1n) is 9.05. The molecule has 0 bridgehead atoms. The molecule has 1 heterocycles. The van der Waals surface area contributed by atoms with Crippen LogP contribution in [0.2, 0.25) is 0 Å². The van der Waals surface area contributed by atoms with Gasteiger partial charge in [-0.25, -0.2) is 0 Å². The van der Waals surface area contributed by atoms with Crippen molar-refractivity contribution >= 4 is 11.6 Å². The van der Waals surface area contributed by atoms with Crippen molar-refractivity contribution in [1.82, 2.24) is 4.90 Å². The number of likely N-dealkylation sites (N-methyl/N-ethyl adjacent to an activating group) is 1. The third kappa shape index (κ3) is 4.14. The Labute approximate surface area is 165 Å². The average Bonchev–Trinajstić information content (AvgIpc) is 3.16. The fraction of sp³-hybridized carbons (Fsp3) is 0.381. The highest BCUT2D eigenvalue weighted by atomic mass is 16.7. The van der Waals surface area contributed by atoms with Gasteiger partial charge in [0.25, 0.3) is 0 Å². The van der Waals surface area contributed by atoms with Gasteiger partial charge in [0.2, 0.25) is 12.7 Å². The minimum atomic E-state index is -0.335. The molecular formula is C21H26N2O5. The zero-order valence-electron chi connectivity index (χ0n) is 16.9. The number of fused-ring (bicyclic) bond motifs is 1. The Balaban J connectivity index is 1.67. The molecule has 0 unspecified atom stereocenters. The van der Waals surface area contributed by atoms with E-state index in [1.54, 1.807) is 32.4 Å². The third-order valence-corrected chi connectivity index (χ3v) is 4.94. The number of carbonyl (C=O) groups excluding carboxylic acids is 1. The number of ether oxygens (including phenoxy) is 4. The molecule has 1 aliphatic rings. The summed E-state index contributed by atoms with van der Waals surface area (Å²) in [7, 11) is 5.15. The van der Waals surface area contributed by atoms with E-state index in [2.05, 4.69) is 5.32 Å². The van der Waals surface area contributed by atoms with Crippen LogP contribution in [-0.2, 0) is 11.3 Å². The number of anilines is 1. The van der Waals surface area contributed by atoms with Gasteiger partial charge in [0, 0.05) is 18.3 Å². The van der Waals surface area contributed by atoms with Crippen molar-refractivity contribution in [2.24, 2.45) is 0 Å². The highest BCUT2D eigenvalue weighted by Crippen LogP contribution is 2.34. The largest absolute Gasteiger partial charge is 0.493 e. The summed E-state index contributed by atoms with van der Waals surface area (Å²) < 4.78 is 21.4. The maximum absolute atomic E-state index is 12.7. The fourth-order valence-electron chi connectivity index (χ4n) is 3.02. The second kappa shape index (κ2) is 8.39. The Hall–Kier alpha value is -2.93. The molecule has 0 radical (unpaired) electrons. The van der Waals surface area contributed by atoms with Gasteiger partial charge >= 0.3 is 0 Å². The minimum Gasteiger partial charge on any atom is -0.493 e. The first kappa shape index (κ1) is 19.8. The molecule has 7 heteroatoms. The Morgan fingerprint density at radius 3 is 2.54 bits per heavy atom. The second-order valence-corrected chi connectivity index (χ2v) is 6.78. The number of nitrogens with zero attached hydrogens (tertiary/aromatic N) is 1. The summed E-state index contributed by atoms with van der Waals surface area (Å²) in [5, 5.41) is 2.93. The summed E-state index contributed by atoms with van der Waals surface area (Å²) in [6.45, 7) is 4.69. The summed E-state index contributed by atoms with van der Waals surface area (Å²) in [5.74, 6) is 2.60. The number of methoxy groups -OCH3 is 2. The topological polar surface area (TPSA) is 69.3 Å². The third-order valence-electron chi connectivity index (χ3n) is 4.94. The van der Waals surface area contributed by atoms with Crippen molar-refractivity contribution < 1.29 is 23.7 Å². The lowest BCUT2D eigenvalue weighted by atomic mass is 10.1. The monoisotopic (exact) mass is 386 g/mol. The molecule has 28 heavy (non-hydrogen) atoms. The van der Waals surface area contributed by atoms with E-state index in [1.165, 1.54) is 0 Å². The van der Waals surface area contributed by atoms with Crippen LogP contribution in [0.5, 0.6) is 23.0 Å². The highest BCUT2D eigenvalue weighted by molar-refractivity contribution is 5.94. The molecule has 0 fully saturated rings. The zero-order valence-corrected chi connectivity index (χ0v) is 16.9. The van der Waals surface area contributed by atoms with Gasteiger partial charge in [0.15, 0.2) is 23.0 Å². The summed E-state index contributed by atoms with van der Waals surface area (Å²) >= 11 is 0. The lowest BCUT2D eigenvalue weighted by Crippen LogP contribution is -2.39. The smallest absolute Gasteiger partial charge is 0.241 e. The predicted molar refractivity (Wildman–Crippen MR) is 106 cm³/mol. The molecular weight excluding hydrogens is 360 g/mol. The van der Waals surface area contributed by atoms with Gasteiger partial charge in [-0.1, -0.05) is 0 Å². The van der Waals surface area contributed by atoms with E-state index >= 15 is 0 Å². The molecule has 0 aromatic heterocycles. The van der Waals surface area contributed by atoms with E-state index in [4.69, 9.17) is 18.9 Å². The Bertz CT molecular complexity index is 868. The summed E-state index contributed by atoms with van der Waals surface area (Å²) in [6, 6.07) is 8.92. The van der Waals surface area contributed by atoms with Crippen molar-refractivity contribution in [3.63, 3.8) is 0 Å². The van der Waals surface area contributed by atoms with Crippen molar-refractivity contribution in [2.75, 3.05) is 33.4 Å². The van der Waals surface area contributed by atoms with E-state index in [9.17, 15) is 4.79 Å². The number of aryl methyl sites for hydroxylation is 1. The second-order valence-electron chi connectivity index (χ2n) is 6.78. The summed E-state index contributed by atoms with van der Waals surface area (Å²) in [5.41, 5.74) is 2.83. The molecule has 3 rings (SSSR count). The molecule has 0 aliphatic carbocycles. The van der Waals surface area contributed by atoms with Gasteiger partial charge in [-0.05, 0) is 56.3 Å². The van der Waals surface area contributed by atoms with Crippen molar-refractivity contribution in [3.8, 4) is 23.0 Å². The number of hydrogen-bond donors (Lipinski definition) is 1. The quantitative estimate of drug-likeness (QED) is 0.788. The van der Waals surface area contributed by atoms with E-state index in [-0.39, 0.29) is 18.7 Å². The molecule has 0 spiro atoms. The molecule has 1 aliphatic heterocycles. The number of benzene rings is 2. The van der Waals surface area contributed by atoms with Crippen molar-refractivity contribution in [2.45, 2.75) is 26.4 Å². The number of nitrogens with one attached hydrogen (secondary N) is 1. The Morgan fingerprint density at radius 2 is 1.82 bits per heavy atom. The van der Waals surface area contributed by atoms with Crippen LogP contribution in [0.4, 0.5) is 5.69 Å². The first-order chi connectivity index (χ1) is 13.4. The van der Waals surface area contributed by atoms with Crippen LogP contribution in [0, 0.1) is 6.92 Å². The molecule has 1 N–H and O–H groups in total. The SMILES string of the molecule is COc1cc(C)c(CN(C)[C@@H](C)C(=O)Nc2ccc3c(c2)OCO3)cc1OC. The van der Waals surface area contributed by atoms with Crippen molar-refractivity contribution in [1.29, 1.82) is 0 Å². The normalized spacial score (nSPS) is 13.4. The standard InChI is InChI=1S/C21H26N2O5/c1-13-8-18(25-4)19(26-5)9-15(13)11-23(3)14(2)21(24)22-16-6-7-17-20(10-16)28-12-27-17/h6-10,14H,11-12H2,1-5H3,(H,22,24)/t14-/m0/s1. The van der Waals surface area contributed by atoms with Gasteiger partial charge in [-0.2, -0.15) is 0 Å². The number of rotatable bonds is 7. The van der Waals surface area contributed by atoms with Crippen LogP contribution >= 0.6 is 0 Å². The summed E-state index contributed by atoms with van der Waals surface area (Å²) in [6.07, 6.45) is 0. The molecule has 1 amide bonds. The van der Waals surface area contributed by atoms with Gasteiger partial charge in [-0.3, -0.25) is 9.69 Å². The van der Waals surface area contributed by atoms with E-state index in [0.717, 1.165) is 11.1 Å². The van der Waals surface area contributed by atoms with E-state index < -0.39 is 0 Å². The van der Waals surface area contributed by atoms with Crippen LogP contribution < -0.4 is 24.3 Å². The van der Waals surface area contributed by atoms with Gasteiger partial charge in [0.1, 0.15) is 0 Å². The Kier molecular flexibility index (Phi) is 5.94. The lowest BCUT2D eigenvalue weighted by Gasteiger charge is -2.25. The van der Waals surface area contributed by atoms with Crippen molar-refractivity contribution in [3.05, 3.63) is 41.5 Å². The molecule has 0 saturated carbocycles. The van der Waals surface area contributed by atoms with Crippen LogP contribution in [0.3, 0.4) is 0 Å². The van der Waals surface area contributed by atoms with Gasteiger partial charge < -0.3 is 24.3 Å². The first-order valence-corrected chi connectivity index (χ1v) is 9.05. The predicted octanol–water partition coefficient (Wildman–Crippen LogP) is 3.20. The fourth-order valence-corrected chi connectivity index (χ4v) is 3.02. The average molecular weight is 386 g/mol. The van der Waals surface area contributed by atoms with E-state index in [0.29, 0.717) is 35.2 Å². The van der Waals surface area contributed by atoms with Gasteiger partial charge in [0.05, 0.1) is 20.3 Å². The highest BCUT2D eigenvalue weighted by Gasteiger charge is 2.21. The molecule has 7 nitrogen and oxygen atoms in total. The van der Waals surface area contributed by atoms with Crippen LogP contribution in [0.25, 0.3) is 0 Å². The number of hydrogen-bond acceptors (Lipinski definition) is 6. The van der Waals surface area contributed by atoms with Crippen LogP contribution in [-0.4, -0.2) is 44.9 Å². The van der Waals surface area contributed by atoms with Crippen LogP contribution in [0.1, 0.15) is 18.1 Å². The number of carbonyl (C=O) groups is 1. The molecule has 150 valence electrons. The van der Waals surface area contributed by atoms with Crippen LogP contribution in [0.15, 0.2) is 30.3 Å². The minimum absolute atomic E-state index is 0.0977. The Morgan fingerprint density at radius 1 is 1.14 bits per heavy atom. The molecule has 2 aromatic rings. The molecule has 0 saturated heterocycles. The van der Waals surface area contributed by atoms with E-state index in [1.807, 2.05) is 37.9 Å².